The molecule has 2 amide bonds. The second kappa shape index (κ2) is 10.1. The molecule has 1 spiro atoms. The van der Waals surface area contributed by atoms with Crippen LogP contribution in [0.2, 0.25) is 0 Å². The van der Waals surface area contributed by atoms with Gasteiger partial charge in [-0.15, -0.1) is 0 Å². The molecule has 4 aliphatic rings. The van der Waals surface area contributed by atoms with Crippen molar-refractivity contribution in [3.8, 4) is 0 Å². The van der Waals surface area contributed by atoms with E-state index in [1.54, 1.807) is 4.90 Å². The normalized spacial score (nSPS) is 28.0. The van der Waals surface area contributed by atoms with Crippen LogP contribution in [0.3, 0.4) is 0 Å². The van der Waals surface area contributed by atoms with E-state index in [-0.39, 0.29) is 11.5 Å². The van der Waals surface area contributed by atoms with Crippen molar-refractivity contribution in [2.75, 3.05) is 20.2 Å². The molecule has 8 nitrogen and oxygen atoms in total. The summed E-state index contributed by atoms with van der Waals surface area (Å²) in [5.41, 5.74) is 3.26. The smallest absolute Gasteiger partial charge is 0.409 e. The Morgan fingerprint density at radius 1 is 1.23 bits per heavy atom. The predicted molar refractivity (Wildman–Crippen MR) is 140 cm³/mol. The van der Waals surface area contributed by atoms with Crippen molar-refractivity contribution in [3.63, 3.8) is 0 Å². The molecule has 11 heteroatoms. The quantitative estimate of drug-likeness (QED) is 0.533. The van der Waals surface area contributed by atoms with Gasteiger partial charge in [0, 0.05) is 43.1 Å². The van der Waals surface area contributed by atoms with Crippen molar-refractivity contribution in [3.05, 3.63) is 53.1 Å². The van der Waals surface area contributed by atoms with E-state index in [9.17, 15) is 22.8 Å². The van der Waals surface area contributed by atoms with Crippen LogP contribution in [0, 0.1) is 12.3 Å². The fraction of sp³-hybridized carbons (Fsp3) is 0.621. The molecule has 1 aromatic carbocycles. The van der Waals surface area contributed by atoms with Crippen molar-refractivity contribution < 1.29 is 27.5 Å². The molecule has 2 aliphatic carbocycles. The number of piperidine rings is 1. The average molecular weight is 560 g/mol. The first-order valence-corrected chi connectivity index (χ1v) is 14.2. The Balaban J connectivity index is 1.16. The maximum Gasteiger partial charge on any atom is 0.409 e. The molecule has 40 heavy (non-hydrogen) atoms. The Bertz CT molecular complexity index is 1280. The van der Waals surface area contributed by atoms with Crippen molar-refractivity contribution in [1.82, 2.24) is 24.7 Å². The topological polar surface area (TPSA) is 79.7 Å². The van der Waals surface area contributed by atoms with Crippen molar-refractivity contribution in [2.45, 2.75) is 88.8 Å². The van der Waals surface area contributed by atoms with Gasteiger partial charge in [-0.2, -0.15) is 13.2 Å². The fourth-order valence-electron chi connectivity index (χ4n) is 8.03. The van der Waals surface area contributed by atoms with Gasteiger partial charge in [0.15, 0.2) is 0 Å². The lowest BCUT2D eigenvalue weighted by atomic mass is 9.53. The van der Waals surface area contributed by atoms with Gasteiger partial charge in [-0.3, -0.25) is 9.69 Å². The lowest BCUT2D eigenvalue weighted by Crippen LogP contribution is -2.74. The van der Waals surface area contributed by atoms with E-state index in [4.69, 9.17) is 9.72 Å². The van der Waals surface area contributed by atoms with Crippen molar-refractivity contribution >= 4 is 12.0 Å². The number of nitrogens with one attached hydrogen (secondary N) is 1. The maximum atomic E-state index is 12.8. The average Bonchev–Trinajstić information content (AvgIpc) is 3.45. The number of carbonyl (C=O) groups excluding carboxylic acids is 2. The molecule has 3 fully saturated rings. The minimum atomic E-state index is -4.54. The first kappa shape index (κ1) is 27.1. The number of amides is 2. The Morgan fingerprint density at radius 3 is 2.67 bits per heavy atom. The van der Waals surface area contributed by atoms with Crippen LogP contribution in [0.5, 0.6) is 0 Å². The van der Waals surface area contributed by atoms with Gasteiger partial charge >= 0.3 is 12.3 Å². The molecule has 216 valence electrons. The lowest BCUT2D eigenvalue weighted by Gasteiger charge is -2.68. The van der Waals surface area contributed by atoms with Crippen LogP contribution >= 0.6 is 0 Å². The highest BCUT2D eigenvalue weighted by Crippen LogP contribution is 2.67. The molecule has 2 saturated carbocycles. The minimum absolute atomic E-state index is 0.271. The van der Waals surface area contributed by atoms with E-state index >= 15 is 0 Å². The first-order chi connectivity index (χ1) is 19.1. The minimum Gasteiger partial charge on any atom is -0.453 e. The van der Waals surface area contributed by atoms with E-state index in [1.165, 1.54) is 13.5 Å². The van der Waals surface area contributed by atoms with Gasteiger partial charge < -0.3 is 19.5 Å². The molecule has 0 radical (unpaired) electrons. The number of hydrogen-bond acceptors (Lipinski definition) is 5. The summed E-state index contributed by atoms with van der Waals surface area (Å²) in [6.45, 7) is 3.86. The zero-order valence-corrected chi connectivity index (χ0v) is 22.9. The number of rotatable bonds is 7. The number of fused-ring (bicyclic) bond motifs is 1. The molecule has 5 unspecified atom stereocenters. The van der Waals surface area contributed by atoms with E-state index in [0.717, 1.165) is 48.5 Å². The zero-order chi connectivity index (χ0) is 28.2. The number of ether oxygens (including phenoxy) is 1. The SMILES string of the molecule is COC(=O)N1CCc2nc(C)n(C3CC4N(CCC(NC(=O)CC(F)(F)F)c5ccccc5)C5CCC54C3)c2C1. The number of nitrogens with zero attached hydrogens (tertiary/aromatic N) is 4. The highest BCUT2D eigenvalue weighted by molar-refractivity contribution is 5.77. The molecule has 0 bridgehead atoms. The number of likely N-dealkylation sites (tertiary alicyclic amines) is 1. The van der Waals surface area contributed by atoms with Gasteiger partial charge in [-0.25, -0.2) is 9.78 Å². The summed E-state index contributed by atoms with van der Waals surface area (Å²) >= 11 is 0. The lowest BCUT2D eigenvalue weighted by molar-refractivity contribution is -0.188. The predicted octanol–water partition coefficient (Wildman–Crippen LogP) is 4.68. The Hall–Kier alpha value is -3.08. The standard InChI is InChI=1S/C29H36F3N5O3/c1-18-33-22-9-12-35(27(39)40-2)17-23(22)37(18)20-14-25-28(15-20)11-8-24(28)36(25)13-10-21(19-6-4-3-5-7-19)34-26(38)16-29(30,31)32/h3-7,20-21,24-25H,8-17H2,1-2H3,(H,34,38). The molecule has 3 heterocycles. The Morgan fingerprint density at radius 2 is 2.00 bits per heavy atom. The molecular formula is C29H36F3N5O3. The zero-order valence-electron chi connectivity index (χ0n) is 22.9. The summed E-state index contributed by atoms with van der Waals surface area (Å²) < 4.78 is 45.9. The molecule has 1 N–H and O–H groups in total. The van der Waals surface area contributed by atoms with Gasteiger partial charge in [0.25, 0.3) is 0 Å². The number of imidazole rings is 1. The summed E-state index contributed by atoms with van der Waals surface area (Å²) in [6.07, 6.45) is -0.698. The first-order valence-electron chi connectivity index (χ1n) is 14.2. The van der Waals surface area contributed by atoms with Crippen LogP contribution in [-0.2, 0) is 22.5 Å². The molecular weight excluding hydrogens is 523 g/mol. The van der Waals surface area contributed by atoms with Crippen LogP contribution in [0.15, 0.2) is 30.3 Å². The van der Waals surface area contributed by atoms with Crippen LogP contribution < -0.4 is 5.32 Å². The van der Waals surface area contributed by atoms with Crippen molar-refractivity contribution in [1.29, 1.82) is 0 Å². The molecule has 2 aromatic rings. The summed E-state index contributed by atoms with van der Waals surface area (Å²) in [5, 5.41) is 2.65. The number of hydrogen-bond donors (Lipinski definition) is 1. The van der Waals surface area contributed by atoms with Crippen molar-refractivity contribution in [2.24, 2.45) is 5.41 Å². The van der Waals surface area contributed by atoms with Gasteiger partial charge in [0.05, 0.1) is 31.1 Å². The summed E-state index contributed by atoms with van der Waals surface area (Å²) in [5.74, 6) is -0.0106. The van der Waals surface area contributed by atoms with E-state index in [2.05, 4.69) is 14.8 Å². The second-order valence-corrected chi connectivity index (χ2v) is 11.8. The van der Waals surface area contributed by atoms with Gasteiger partial charge in [0.1, 0.15) is 12.2 Å². The number of alkyl halides is 3. The summed E-state index contributed by atoms with van der Waals surface area (Å²) in [7, 11) is 1.41. The van der Waals surface area contributed by atoms with Crippen LogP contribution in [0.4, 0.5) is 18.0 Å². The van der Waals surface area contributed by atoms with Gasteiger partial charge in [-0.1, -0.05) is 30.3 Å². The number of aryl methyl sites for hydroxylation is 1. The third-order valence-corrected chi connectivity index (χ3v) is 9.72. The van der Waals surface area contributed by atoms with Crippen LogP contribution in [0.1, 0.15) is 73.4 Å². The summed E-state index contributed by atoms with van der Waals surface area (Å²) in [6, 6.07) is 9.94. The van der Waals surface area contributed by atoms with Crippen LogP contribution in [-0.4, -0.2) is 69.8 Å². The monoisotopic (exact) mass is 559 g/mol. The Kier molecular flexibility index (Phi) is 6.83. The highest BCUT2D eigenvalue weighted by Gasteiger charge is 2.69. The molecule has 1 aromatic heterocycles. The number of benzene rings is 1. The number of aromatic nitrogens is 2. The van der Waals surface area contributed by atoms with Gasteiger partial charge in [-0.05, 0) is 44.6 Å². The van der Waals surface area contributed by atoms with E-state index in [1.807, 2.05) is 37.3 Å². The second-order valence-electron chi connectivity index (χ2n) is 11.8. The van der Waals surface area contributed by atoms with Gasteiger partial charge in [0.2, 0.25) is 5.91 Å². The molecule has 5 atom stereocenters. The largest absolute Gasteiger partial charge is 0.453 e. The summed E-state index contributed by atoms with van der Waals surface area (Å²) in [4.78, 5) is 33.5. The maximum absolute atomic E-state index is 12.8. The third kappa shape index (κ3) is 4.65. The van der Waals surface area contributed by atoms with E-state index in [0.29, 0.717) is 44.2 Å². The van der Waals surface area contributed by atoms with Crippen LogP contribution in [0.25, 0.3) is 0 Å². The fourth-order valence-corrected chi connectivity index (χ4v) is 8.03. The number of carbonyl (C=O) groups is 2. The molecule has 6 rings (SSSR count). The molecule has 2 aliphatic heterocycles. The third-order valence-electron chi connectivity index (χ3n) is 9.72. The highest BCUT2D eigenvalue weighted by atomic mass is 19.4. The Labute approximate surface area is 231 Å². The number of methoxy groups -OCH3 is 1. The van der Waals surface area contributed by atoms with E-state index < -0.39 is 24.5 Å². The number of halogens is 3. The molecule has 1 saturated heterocycles.